The van der Waals surface area contributed by atoms with Crippen LogP contribution in [0.2, 0.25) is 0 Å². The Morgan fingerprint density at radius 3 is 2.67 bits per heavy atom. The number of nitrogens with one attached hydrogen (secondary N) is 2. The third-order valence-corrected chi connectivity index (χ3v) is 2.12. The lowest BCUT2D eigenvalue weighted by Crippen LogP contribution is -2.35. The van der Waals surface area contributed by atoms with Gasteiger partial charge >= 0.3 is 0 Å². The molecule has 15 heavy (non-hydrogen) atoms. The number of carbonyl (C=O) groups is 1. The van der Waals surface area contributed by atoms with Gasteiger partial charge in [0.15, 0.2) is 0 Å². The van der Waals surface area contributed by atoms with Crippen molar-refractivity contribution in [2.24, 2.45) is 0 Å². The van der Waals surface area contributed by atoms with Crippen LogP contribution in [-0.2, 0) is 9.53 Å². The molecule has 0 bridgehead atoms. The third kappa shape index (κ3) is 11.3. The monoisotopic (exact) mass is 216 g/mol. The maximum atomic E-state index is 11.2. The van der Waals surface area contributed by atoms with Gasteiger partial charge in [0.2, 0.25) is 5.91 Å². The summed E-state index contributed by atoms with van der Waals surface area (Å²) in [5.74, 6) is 0.0719. The second-order valence-electron chi connectivity index (χ2n) is 3.58. The molecule has 4 nitrogen and oxygen atoms in total. The van der Waals surface area contributed by atoms with Gasteiger partial charge in [0.1, 0.15) is 0 Å². The molecule has 0 saturated carbocycles. The summed E-state index contributed by atoms with van der Waals surface area (Å²) in [6.07, 6.45) is 4.76. The van der Waals surface area contributed by atoms with Gasteiger partial charge in [-0.2, -0.15) is 0 Å². The second kappa shape index (κ2) is 11.5. The first-order valence-electron chi connectivity index (χ1n) is 5.77. The zero-order valence-electron chi connectivity index (χ0n) is 9.97. The molecular weight excluding hydrogens is 192 g/mol. The van der Waals surface area contributed by atoms with E-state index < -0.39 is 0 Å². The van der Waals surface area contributed by atoms with E-state index in [1.807, 2.05) is 0 Å². The van der Waals surface area contributed by atoms with E-state index in [0.717, 1.165) is 19.5 Å². The minimum absolute atomic E-state index is 0.0719. The number of unbranched alkanes of at least 4 members (excludes halogenated alkanes) is 3. The first-order valence-corrected chi connectivity index (χ1v) is 5.77. The van der Waals surface area contributed by atoms with Crippen LogP contribution in [0.4, 0.5) is 0 Å². The van der Waals surface area contributed by atoms with Crippen molar-refractivity contribution in [2.45, 2.75) is 32.6 Å². The van der Waals surface area contributed by atoms with Crippen LogP contribution in [-0.4, -0.2) is 39.3 Å². The highest BCUT2D eigenvalue weighted by molar-refractivity contribution is 5.77. The van der Waals surface area contributed by atoms with Crippen LogP contribution in [0.1, 0.15) is 32.6 Å². The number of amides is 1. The highest BCUT2D eigenvalue weighted by Gasteiger charge is 1.98. The molecule has 0 aliphatic heterocycles. The van der Waals surface area contributed by atoms with Gasteiger partial charge in [-0.3, -0.25) is 4.79 Å². The summed E-state index contributed by atoms with van der Waals surface area (Å²) in [4.78, 5) is 11.2. The largest absolute Gasteiger partial charge is 0.383 e. The molecule has 0 aromatic carbocycles. The van der Waals surface area contributed by atoms with Crippen LogP contribution in [0.15, 0.2) is 0 Å². The molecule has 0 rings (SSSR count). The Morgan fingerprint density at radius 2 is 2.00 bits per heavy atom. The van der Waals surface area contributed by atoms with E-state index >= 15 is 0 Å². The Hall–Kier alpha value is -0.610. The van der Waals surface area contributed by atoms with Crippen molar-refractivity contribution in [1.82, 2.24) is 10.6 Å². The van der Waals surface area contributed by atoms with Crippen molar-refractivity contribution in [3.8, 4) is 0 Å². The zero-order chi connectivity index (χ0) is 11.4. The minimum Gasteiger partial charge on any atom is -0.383 e. The number of hydrogen-bond acceptors (Lipinski definition) is 3. The average molecular weight is 216 g/mol. The van der Waals surface area contributed by atoms with E-state index in [1.165, 1.54) is 19.3 Å². The predicted octanol–water partition coefficient (Wildman–Crippen LogP) is 0.919. The average Bonchev–Trinajstić information content (AvgIpc) is 2.24. The van der Waals surface area contributed by atoms with Crippen LogP contribution in [0.3, 0.4) is 0 Å². The molecule has 0 aliphatic carbocycles. The minimum atomic E-state index is 0.0719. The van der Waals surface area contributed by atoms with Gasteiger partial charge in [-0.05, 0) is 6.42 Å². The SMILES string of the molecule is CCCCCCNC(=O)CNCCOC. The number of ether oxygens (including phenoxy) is 1. The van der Waals surface area contributed by atoms with Gasteiger partial charge in [-0.25, -0.2) is 0 Å². The second-order valence-corrected chi connectivity index (χ2v) is 3.58. The fourth-order valence-corrected chi connectivity index (χ4v) is 1.22. The lowest BCUT2D eigenvalue weighted by molar-refractivity contribution is -0.120. The van der Waals surface area contributed by atoms with Crippen molar-refractivity contribution in [2.75, 3.05) is 33.4 Å². The number of rotatable bonds is 10. The van der Waals surface area contributed by atoms with E-state index in [2.05, 4.69) is 17.6 Å². The lowest BCUT2D eigenvalue weighted by Gasteiger charge is -2.05. The fraction of sp³-hybridized carbons (Fsp3) is 0.909. The summed E-state index contributed by atoms with van der Waals surface area (Å²) in [6, 6.07) is 0. The van der Waals surface area contributed by atoms with E-state index in [9.17, 15) is 4.79 Å². The smallest absolute Gasteiger partial charge is 0.233 e. The van der Waals surface area contributed by atoms with E-state index in [4.69, 9.17) is 4.74 Å². The van der Waals surface area contributed by atoms with Crippen LogP contribution in [0.5, 0.6) is 0 Å². The molecule has 0 radical (unpaired) electrons. The van der Waals surface area contributed by atoms with Gasteiger partial charge in [0.05, 0.1) is 13.2 Å². The molecule has 0 saturated heterocycles. The van der Waals surface area contributed by atoms with Crippen LogP contribution >= 0.6 is 0 Å². The van der Waals surface area contributed by atoms with Gasteiger partial charge in [-0.15, -0.1) is 0 Å². The van der Waals surface area contributed by atoms with Gasteiger partial charge < -0.3 is 15.4 Å². The normalized spacial score (nSPS) is 10.3. The quantitative estimate of drug-likeness (QED) is 0.534. The molecule has 0 unspecified atom stereocenters. The molecule has 0 spiro atoms. The molecule has 2 N–H and O–H groups in total. The summed E-state index contributed by atoms with van der Waals surface area (Å²) < 4.78 is 4.85. The standard InChI is InChI=1S/C11H24N2O2/c1-3-4-5-6-7-13-11(14)10-12-8-9-15-2/h12H,3-10H2,1-2H3,(H,13,14). The van der Waals surface area contributed by atoms with Crippen molar-refractivity contribution < 1.29 is 9.53 Å². The maximum Gasteiger partial charge on any atom is 0.233 e. The Labute approximate surface area is 92.8 Å². The number of methoxy groups -OCH3 is 1. The molecular formula is C11H24N2O2. The van der Waals surface area contributed by atoms with Crippen molar-refractivity contribution in [1.29, 1.82) is 0 Å². The lowest BCUT2D eigenvalue weighted by atomic mass is 10.2. The summed E-state index contributed by atoms with van der Waals surface area (Å²) in [5.41, 5.74) is 0. The van der Waals surface area contributed by atoms with Crippen molar-refractivity contribution in [3.05, 3.63) is 0 Å². The topological polar surface area (TPSA) is 50.4 Å². The molecule has 0 aromatic heterocycles. The Kier molecular flexibility index (Phi) is 11.0. The first kappa shape index (κ1) is 14.4. The maximum absolute atomic E-state index is 11.2. The highest BCUT2D eigenvalue weighted by Crippen LogP contribution is 1.96. The summed E-state index contributed by atoms with van der Waals surface area (Å²) >= 11 is 0. The Morgan fingerprint density at radius 1 is 1.20 bits per heavy atom. The van der Waals surface area contributed by atoms with Gasteiger partial charge in [0.25, 0.3) is 0 Å². The molecule has 0 heterocycles. The first-order chi connectivity index (χ1) is 7.31. The third-order valence-electron chi connectivity index (χ3n) is 2.12. The molecule has 1 amide bonds. The van der Waals surface area contributed by atoms with Crippen molar-refractivity contribution >= 4 is 5.91 Å². The molecule has 0 fully saturated rings. The van der Waals surface area contributed by atoms with Crippen molar-refractivity contribution in [3.63, 3.8) is 0 Å². The van der Waals surface area contributed by atoms with Crippen LogP contribution in [0.25, 0.3) is 0 Å². The van der Waals surface area contributed by atoms with E-state index in [0.29, 0.717) is 13.2 Å². The summed E-state index contributed by atoms with van der Waals surface area (Å²) in [5, 5.41) is 5.88. The fourth-order valence-electron chi connectivity index (χ4n) is 1.22. The summed E-state index contributed by atoms with van der Waals surface area (Å²) in [7, 11) is 1.65. The van der Waals surface area contributed by atoms with Gasteiger partial charge in [0, 0.05) is 20.2 Å². The highest BCUT2D eigenvalue weighted by atomic mass is 16.5. The van der Waals surface area contributed by atoms with E-state index in [1.54, 1.807) is 7.11 Å². The molecule has 0 aromatic rings. The van der Waals surface area contributed by atoms with E-state index in [-0.39, 0.29) is 5.91 Å². The summed E-state index contributed by atoms with van der Waals surface area (Å²) in [6.45, 7) is 4.73. The van der Waals surface area contributed by atoms with Crippen LogP contribution < -0.4 is 10.6 Å². The predicted molar refractivity (Wildman–Crippen MR) is 61.9 cm³/mol. The zero-order valence-corrected chi connectivity index (χ0v) is 9.97. The van der Waals surface area contributed by atoms with Gasteiger partial charge in [-0.1, -0.05) is 26.2 Å². The molecule has 0 atom stereocenters. The Bertz CT molecular complexity index is 152. The molecule has 90 valence electrons. The Balaban J connectivity index is 3.11. The van der Waals surface area contributed by atoms with Crippen LogP contribution in [0, 0.1) is 0 Å². The number of carbonyl (C=O) groups excluding carboxylic acids is 1. The number of hydrogen-bond donors (Lipinski definition) is 2. The molecule has 4 heteroatoms. The molecule has 0 aliphatic rings.